The minimum Gasteiger partial charge on any atom is -0.457 e. The van der Waals surface area contributed by atoms with E-state index in [0.717, 1.165) is 4.90 Å². The molecular weight excluding hydrogens is 388 g/mol. The number of nitrogens with zero attached hydrogens (tertiary/aromatic N) is 2. The molecular formula is C22H14N2O6. The van der Waals surface area contributed by atoms with E-state index >= 15 is 0 Å². The zero-order valence-electron chi connectivity index (χ0n) is 15.5. The molecule has 1 aliphatic heterocycles. The van der Waals surface area contributed by atoms with Crippen LogP contribution in [0, 0.1) is 10.1 Å². The standard InChI is InChI=1S/C22H14N2O6/c25-20-18-3-1-2-4-19(18)21(26)23(20)16-11-7-15(8-12-16)22(27)30-13-14-5-9-17(10-6-14)24(28)29/h1-12H,13H2. The SMILES string of the molecule is O=C(OCc1ccc([N+](=O)[O-])cc1)c1ccc(N2C(=O)c3ccccc3C2=O)cc1. The summed E-state index contributed by atoms with van der Waals surface area (Å²) >= 11 is 0. The Morgan fingerprint density at radius 2 is 1.43 bits per heavy atom. The summed E-state index contributed by atoms with van der Waals surface area (Å²) in [6.45, 7) is -0.0447. The molecule has 3 aromatic rings. The monoisotopic (exact) mass is 402 g/mol. The third kappa shape index (κ3) is 3.42. The number of imide groups is 1. The van der Waals surface area contributed by atoms with Gasteiger partial charge >= 0.3 is 5.97 Å². The maximum Gasteiger partial charge on any atom is 0.338 e. The van der Waals surface area contributed by atoms with Crippen molar-refractivity contribution in [3.8, 4) is 0 Å². The number of hydrogen-bond acceptors (Lipinski definition) is 6. The topological polar surface area (TPSA) is 107 Å². The molecule has 0 saturated heterocycles. The largest absolute Gasteiger partial charge is 0.457 e. The van der Waals surface area contributed by atoms with Crippen molar-refractivity contribution in [2.75, 3.05) is 4.90 Å². The molecule has 30 heavy (non-hydrogen) atoms. The van der Waals surface area contributed by atoms with Gasteiger partial charge in [0.25, 0.3) is 17.5 Å². The molecule has 0 N–H and O–H groups in total. The fourth-order valence-electron chi connectivity index (χ4n) is 3.12. The lowest BCUT2D eigenvalue weighted by atomic mass is 10.1. The Kier molecular flexibility index (Phi) is 4.81. The van der Waals surface area contributed by atoms with E-state index in [1.807, 2.05) is 0 Å². The Morgan fingerprint density at radius 1 is 0.867 bits per heavy atom. The van der Waals surface area contributed by atoms with Crippen molar-refractivity contribution < 1.29 is 24.0 Å². The molecule has 0 fully saturated rings. The first-order valence-electron chi connectivity index (χ1n) is 8.94. The van der Waals surface area contributed by atoms with Crippen molar-refractivity contribution in [3.63, 3.8) is 0 Å². The summed E-state index contributed by atoms with van der Waals surface area (Å²) in [5, 5.41) is 10.7. The number of carbonyl (C=O) groups excluding carboxylic acids is 3. The highest BCUT2D eigenvalue weighted by molar-refractivity contribution is 6.34. The highest BCUT2D eigenvalue weighted by Gasteiger charge is 2.36. The first kappa shape index (κ1) is 19.0. The smallest absolute Gasteiger partial charge is 0.338 e. The van der Waals surface area contributed by atoms with Crippen LogP contribution in [0.5, 0.6) is 0 Å². The normalized spacial score (nSPS) is 12.6. The van der Waals surface area contributed by atoms with Crippen LogP contribution in [-0.2, 0) is 11.3 Å². The summed E-state index contributed by atoms with van der Waals surface area (Å²) in [6.07, 6.45) is 0. The number of rotatable bonds is 5. The molecule has 1 heterocycles. The summed E-state index contributed by atoms with van der Waals surface area (Å²) < 4.78 is 5.22. The van der Waals surface area contributed by atoms with Gasteiger partial charge in [0.15, 0.2) is 0 Å². The van der Waals surface area contributed by atoms with Gasteiger partial charge in [0, 0.05) is 12.1 Å². The number of esters is 1. The second-order valence-corrected chi connectivity index (χ2v) is 6.54. The molecule has 4 rings (SSSR count). The molecule has 0 atom stereocenters. The Hall–Kier alpha value is -4.33. The Labute approximate surface area is 170 Å². The number of ether oxygens (including phenoxy) is 1. The van der Waals surface area contributed by atoms with Gasteiger partial charge in [-0.1, -0.05) is 12.1 Å². The summed E-state index contributed by atoms with van der Waals surface area (Å²) in [4.78, 5) is 48.5. The van der Waals surface area contributed by atoms with Gasteiger partial charge in [-0.3, -0.25) is 19.7 Å². The van der Waals surface area contributed by atoms with Gasteiger partial charge in [0.05, 0.1) is 27.3 Å². The summed E-state index contributed by atoms with van der Waals surface area (Å²) in [6, 6.07) is 18.2. The predicted octanol–water partition coefficient (Wildman–Crippen LogP) is 3.75. The van der Waals surface area contributed by atoms with Crippen molar-refractivity contribution in [3.05, 3.63) is 105 Å². The van der Waals surface area contributed by atoms with Crippen LogP contribution < -0.4 is 4.90 Å². The molecule has 0 bridgehead atoms. The first-order valence-corrected chi connectivity index (χ1v) is 8.94. The fraction of sp³-hybridized carbons (Fsp3) is 0.0455. The van der Waals surface area contributed by atoms with Crippen molar-refractivity contribution >= 4 is 29.2 Å². The maximum atomic E-state index is 12.5. The van der Waals surface area contributed by atoms with Crippen LogP contribution >= 0.6 is 0 Å². The Morgan fingerprint density at radius 3 is 1.97 bits per heavy atom. The second-order valence-electron chi connectivity index (χ2n) is 6.54. The minimum absolute atomic E-state index is 0.0447. The molecule has 2 amide bonds. The average Bonchev–Trinajstić information content (AvgIpc) is 3.03. The fourth-order valence-corrected chi connectivity index (χ4v) is 3.12. The van der Waals surface area contributed by atoms with E-state index in [1.165, 1.54) is 48.5 Å². The molecule has 8 heteroatoms. The minimum atomic E-state index is -0.595. The predicted molar refractivity (Wildman–Crippen MR) is 106 cm³/mol. The van der Waals surface area contributed by atoms with Crippen molar-refractivity contribution in [2.45, 2.75) is 6.61 Å². The highest BCUT2D eigenvalue weighted by atomic mass is 16.6. The molecule has 8 nitrogen and oxygen atoms in total. The van der Waals surface area contributed by atoms with E-state index in [-0.39, 0.29) is 17.9 Å². The van der Waals surface area contributed by atoms with E-state index in [9.17, 15) is 24.5 Å². The van der Waals surface area contributed by atoms with Gasteiger partial charge in [-0.05, 0) is 54.1 Å². The van der Waals surface area contributed by atoms with Crippen LogP contribution in [-0.4, -0.2) is 22.7 Å². The highest BCUT2D eigenvalue weighted by Crippen LogP contribution is 2.28. The lowest BCUT2D eigenvalue weighted by Gasteiger charge is -2.14. The van der Waals surface area contributed by atoms with Crippen LogP contribution in [0.25, 0.3) is 0 Å². The van der Waals surface area contributed by atoms with Gasteiger partial charge in [-0.2, -0.15) is 0 Å². The summed E-state index contributed by atoms with van der Waals surface area (Å²) in [7, 11) is 0. The Balaban J connectivity index is 1.43. The van der Waals surface area contributed by atoms with Crippen LogP contribution in [0.2, 0.25) is 0 Å². The third-order valence-electron chi connectivity index (χ3n) is 4.67. The molecule has 0 radical (unpaired) electrons. The lowest BCUT2D eigenvalue weighted by Crippen LogP contribution is -2.29. The number of benzene rings is 3. The summed E-state index contributed by atoms with van der Waals surface area (Å²) in [5.41, 5.74) is 1.85. The molecule has 0 saturated carbocycles. The van der Waals surface area contributed by atoms with E-state index in [1.54, 1.807) is 24.3 Å². The maximum absolute atomic E-state index is 12.5. The number of carbonyl (C=O) groups is 3. The number of hydrogen-bond donors (Lipinski definition) is 0. The number of non-ortho nitro benzene ring substituents is 1. The van der Waals surface area contributed by atoms with Gasteiger partial charge in [-0.15, -0.1) is 0 Å². The first-order chi connectivity index (χ1) is 14.5. The van der Waals surface area contributed by atoms with E-state index in [4.69, 9.17) is 4.74 Å². The molecule has 3 aromatic carbocycles. The molecule has 0 spiro atoms. The summed E-state index contributed by atoms with van der Waals surface area (Å²) in [5.74, 6) is -1.42. The molecule has 148 valence electrons. The number of anilines is 1. The quantitative estimate of drug-likeness (QED) is 0.278. The number of fused-ring (bicyclic) bond motifs is 1. The van der Waals surface area contributed by atoms with Gasteiger partial charge in [0.2, 0.25) is 0 Å². The Bertz CT molecular complexity index is 1130. The van der Waals surface area contributed by atoms with Crippen LogP contribution in [0.4, 0.5) is 11.4 Å². The second kappa shape index (κ2) is 7.59. The zero-order chi connectivity index (χ0) is 21.3. The van der Waals surface area contributed by atoms with Crippen LogP contribution in [0.3, 0.4) is 0 Å². The zero-order valence-corrected chi connectivity index (χ0v) is 15.5. The van der Waals surface area contributed by atoms with Crippen molar-refractivity contribution in [1.29, 1.82) is 0 Å². The molecule has 0 aliphatic carbocycles. The third-order valence-corrected chi connectivity index (χ3v) is 4.67. The number of nitro groups is 1. The average molecular weight is 402 g/mol. The molecule has 0 aromatic heterocycles. The van der Waals surface area contributed by atoms with Crippen LogP contribution in [0.15, 0.2) is 72.8 Å². The number of nitro benzene ring substituents is 1. The van der Waals surface area contributed by atoms with Gasteiger partial charge in [0.1, 0.15) is 6.61 Å². The van der Waals surface area contributed by atoms with Crippen molar-refractivity contribution in [1.82, 2.24) is 0 Å². The van der Waals surface area contributed by atoms with Crippen LogP contribution in [0.1, 0.15) is 36.6 Å². The van der Waals surface area contributed by atoms with Gasteiger partial charge < -0.3 is 4.74 Å². The number of amides is 2. The lowest BCUT2D eigenvalue weighted by molar-refractivity contribution is -0.384. The van der Waals surface area contributed by atoms with E-state index in [2.05, 4.69) is 0 Å². The van der Waals surface area contributed by atoms with E-state index in [0.29, 0.717) is 22.4 Å². The van der Waals surface area contributed by atoms with Crippen molar-refractivity contribution in [2.24, 2.45) is 0 Å². The van der Waals surface area contributed by atoms with E-state index < -0.39 is 22.7 Å². The molecule has 1 aliphatic rings. The van der Waals surface area contributed by atoms with Gasteiger partial charge in [-0.25, -0.2) is 9.69 Å². The molecule has 0 unspecified atom stereocenters.